The summed E-state index contributed by atoms with van der Waals surface area (Å²) in [6.45, 7) is 0.587. The van der Waals surface area contributed by atoms with Crippen LogP contribution in [0.15, 0.2) is 11.0 Å². The second kappa shape index (κ2) is 4.90. The van der Waals surface area contributed by atoms with Crippen molar-refractivity contribution in [1.29, 1.82) is 0 Å². The molecule has 3 N–H and O–H groups in total. The molecule has 0 aliphatic carbocycles. The maximum atomic E-state index is 11.2. The first kappa shape index (κ1) is 10.1. The molecule has 6 heteroatoms. The van der Waals surface area contributed by atoms with E-state index in [2.05, 4.69) is 20.3 Å². The molecule has 1 heterocycles. The molecule has 0 aliphatic rings. The van der Waals surface area contributed by atoms with E-state index < -0.39 is 0 Å². The number of aromatic amines is 2. The third-order valence-corrected chi connectivity index (χ3v) is 1.76. The first-order chi connectivity index (χ1) is 6.24. The molecule has 0 unspecified atom stereocenters. The van der Waals surface area contributed by atoms with Crippen molar-refractivity contribution < 1.29 is 4.84 Å². The second-order valence-corrected chi connectivity index (χ2v) is 2.85. The van der Waals surface area contributed by atoms with Crippen LogP contribution in [0.5, 0.6) is 0 Å². The largest absolute Gasteiger partial charge is 0.338 e. The van der Waals surface area contributed by atoms with Gasteiger partial charge in [0.2, 0.25) is 0 Å². The molecule has 72 valence electrons. The standard InChI is InChI=1S/C7H11N3O2S/c1-12-9-3-2-5-4-8-7(13)10-6(5)11/h4,9H,2-3H2,1H3,(H2,8,10,11,13). The lowest BCUT2D eigenvalue weighted by atomic mass is 10.2. The third kappa shape index (κ3) is 3.10. The van der Waals surface area contributed by atoms with Crippen LogP contribution in [-0.4, -0.2) is 23.6 Å². The van der Waals surface area contributed by atoms with E-state index in [-0.39, 0.29) is 5.56 Å². The van der Waals surface area contributed by atoms with Gasteiger partial charge in [0.1, 0.15) is 0 Å². The predicted octanol–water partition coefficient (Wildman–Crippen LogP) is 0.126. The Morgan fingerprint density at radius 3 is 3.08 bits per heavy atom. The molecule has 0 spiro atoms. The van der Waals surface area contributed by atoms with Crippen LogP contribution in [0.3, 0.4) is 0 Å². The van der Waals surface area contributed by atoms with Crippen LogP contribution in [-0.2, 0) is 11.3 Å². The Morgan fingerprint density at radius 1 is 1.69 bits per heavy atom. The highest BCUT2D eigenvalue weighted by atomic mass is 32.1. The van der Waals surface area contributed by atoms with Gasteiger partial charge in [-0.15, -0.1) is 0 Å². The minimum absolute atomic E-state index is 0.151. The zero-order chi connectivity index (χ0) is 9.68. The van der Waals surface area contributed by atoms with Crippen LogP contribution in [0.1, 0.15) is 5.56 Å². The molecule has 0 bridgehead atoms. The lowest BCUT2D eigenvalue weighted by Crippen LogP contribution is -2.20. The van der Waals surface area contributed by atoms with Crippen molar-refractivity contribution >= 4 is 12.2 Å². The molecule has 0 aromatic carbocycles. The number of hydrogen-bond acceptors (Lipinski definition) is 4. The van der Waals surface area contributed by atoms with Gasteiger partial charge in [0.25, 0.3) is 5.56 Å². The van der Waals surface area contributed by atoms with Crippen molar-refractivity contribution in [2.45, 2.75) is 6.42 Å². The van der Waals surface area contributed by atoms with Gasteiger partial charge in [0.05, 0.1) is 7.11 Å². The maximum Gasteiger partial charge on any atom is 0.254 e. The molecule has 0 radical (unpaired) electrons. The first-order valence-corrected chi connectivity index (χ1v) is 4.21. The summed E-state index contributed by atoms with van der Waals surface area (Å²) in [5.74, 6) is 0. The fraction of sp³-hybridized carbons (Fsp3) is 0.429. The zero-order valence-corrected chi connectivity index (χ0v) is 8.03. The van der Waals surface area contributed by atoms with Crippen LogP contribution in [0.4, 0.5) is 0 Å². The van der Waals surface area contributed by atoms with Gasteiger partial charge >= 0.3 is 0 Å². The van der Waals surface area contributed by atoms with Crippen molar-refractivity contribution in [2.75, 3.05) is 13.7 Å². The van der Waals surface area contributed by atoms with E-state index in [0.717, 1.165) is 0 Å². The van der Waals surface area contributed by atoms with Gasteiger partial charge in [-0.2, -0.15) is 0 Å². The van der Waals surface area contributed by atoms with Gasteiger partial charge in [-0.25, -0.2) is 5.48 Å². The SMILES string of the molecule is CONCCc1c[nH]c(=S)[nH]c1=O. The number of hydrogen-bond donors (Lipinski definition) is 3. The summed E-state index contributed by atoms with van der Waals surface area (Å²) in [6.07, 6.45) is 2.20. The Balaban J connectivity index is 2.67. The highest BCUT2D eigenvalue weighted by molar-refractivity contribution is 7.71. The summed E-state index contributed by atoms with van der Waals surface area (Å²) >= 11 is 4.74. The van der Waals surface area contributed by atoms with Crippen molar-refractivity contribution in [3.05, 3.63) is 26.9 Å². The normalized spacial score (nSPS) is 10.2. The number of aromatic nitrogens is 2. The average Bonchev–Trinajstić information content (AvgIpc) is 2.09. The Labute approximate surface area is 80.1 Å². The van der Waals surface area contributed by atoms with Crippen molar-refractivity contribution in [3.63, 3.8) is 0 Å². The molecule has 0 saturated carbocycles. The van der Waals surface area contributed by atoms with Gasteiger partial charge < -0.3 is 9.82 Å². The van der Waals surface area contributed by atoms with E-state index in [1.165, 1.54) is 7.11 Å². The van der Waals surface area contributed by atoms with Gasteiger partial charge in [0.15, 0.2) is 4.77 Å². The van der Waals surface area contributed by atoms with Crippen LogP contribution < -0.4 is 11.0 Å². The Hall–Kier alpha value is -0.980. The summed E-state index contributed by atoms with van der Waals surface area (Å²) in [5.41, 5.74) is 3.15. The molecule has 13 heavy (non-hydrogen) atoms. The molecule has 1 aromatic rings. The van der Waals surface area contributed by atoms with Crippen LogP contribution in [0.25, 0.3) is 0 Å². The maximum absolute atomic E-state index is 11.2. The Bertz CT molecular complexity index is 370. The Kier molecular flexibility index (Phi) is 3.81. The van der Waals surface area contributed by atoms with Gasteiger partial charge in [-0.05, 0) is 18.6 Å². The summed E-state index contributed by atoms with van der Waals surface area (Å²) in [4.78, 5) is 21.1. The minimum atomic E-state index is -0.151. The number of H-pyrrole nitrogens is 2. The summed E-state index contributed by atoms with van der Waals surface area (Å²) in [5, 5.41) is 0. The van der Waals surface area contributed by atoms with E-state index in [1.54, 1.807) is 6.20 Å². The van der Waals surface area contributed by atoms with Crippen molar-refractivity contribution in [3.8, 4) is 0 Å². The van der Waals surface area contributed by atoms with E-state index >= 15 is 0 Å². The van der Waals surface area contributed by atoms with E-state index in [0.29, 0.717) is 23.3 Å². The van der Waals surface area contributed by atoms with E-state index in [1.807, 2.05) is 0 Å². The summed E-state index contributed by atoms with van der Waals surface area (Å²) < 4.78 is 0.341. The predicted molar refractivity (Wildman–Crippen MR) is 51.0 cm³/mol. The second-order valence-electron chi connectivity index (χ2n) is 2.45. The first-order valence-electron chi connectivity index (χ1n) is 3.81. The lowest BCUT2D eigenvalue weighted by Gasteiger charge is -2.00. The average molecular weight is 201 g/mol. The number of nitrogens with one attached hydrogen (secondary N) is 3. The summed E-state index contributed by atoms with van der Waals surface area (Å²) in [7, 11) is 1.53. The molecule has 1 rings (SSSR count). The summed E-state index contributed by atoms with van der Waals surface area (Å²) in [6, 6.07) is 0. The van der Waals surface area contributed by atoms with E-state index in [4.69, 9.17) is 12.2 Å². The molecule has 0 saturated heterocycles. The van der Waals surface area contributed by atoms with Crippen LogP contribution in [0.2, 0.25) is 0 Å². The fourth-order valence-electron chi connectivity index (χ4n) is 0.911. The third-order valence-electron chi connectivity index (χ3n) is 1.54. The fourth-order valence-corrected chi connectivity index (χ4v) is 1.06. The molecule has 1 aromatic heterocycles. The molecule has 0 amide bonds. The highest BCUT2D eigenvalue weighted by Crippen LogP contribution is 1.87. The Morgan fingerprint density at radius 2 is 2.46 bits per heavy atom. The van der Waals surface area contributed by atoms with Crippen LogP contribution in [0, 0.1) is 4.77 Å². The number of rotatable bonds is 4. The van der Waals surface area contributed by atoms with Gasteiger partial charge in [0, 0.05) is 18.3 Å². The van der Waals surface area contributed by atoms with Gasteiger partial charge in [-0.3, -0.25) is 9.78 Å². The lowest BCUT2D eigenvalue weighted by molar-refractivity contribution is 0.0927. The molecular weight excluding hydrogens is 190 g/mol. The zero-order valence-electron chi connectivity index (χ0n) is 7.22. The molecule has 0 aliphatic heterocycles. The van der Waals surface area contributed by atoms with Crippen molar-refractivity contribution in [2.24, 2.45) is 0 Å². The van der Waals surface area contributed by atoms with Crippen molar-refractivity contribution in [1.82, 2.24) is 15.4 Å². The highest BCUT2D eigenvalue weighted by Gasteiger charge is 1.97. The molecule has 0 atom stereocenters. The van der Waals surface area contributed by atoms with Gasteiger partial charge in [-0.1, -0.05) is 0 Å². The quantitative estimate of drug-likeness (QED) is 0.368. The smallest absolute Gasteiger partial charge is 0.254 e. The topological polar surface area (TPSA) is 69.9 Å². The number of hydroxylamine groups is 1. The minimum Gasteiger partial charge on any atom is -0.338 e. The monoisotopic (exact) mass is 201 g/mol. The van der Waals surface area contributed by atoms with E-state index in [9.17, 15) is 4.79 Å². The molecule has 5 nitrogen and oxygen atoms in total. The molecular formula is C7H11N3O2S. The van der Waals surface area contributed by atoms with Crippen LogP contribution >= 0.6 is 12.2 Å². The molecule has 0 fully saturated rings.